The SMILES string of the molecule is CCCC/C=C\CCCCCCCC(=O)OC[C@@H](COC(=O)CCCCCCCCCCCCC)OC(=O)CCCCCCCCCCCCC. The van der Waals surface area contributed by atoms with Gasteiger partial charge in [-0.25, -0.2) is 0 Å². The lowest BCUT2D eigenvalue weighted by molar-refractivity contribution is -0.167. The average molecular weight is 721 g/mol. The lowest BCUT2D eigenvalue weighted by Gasteiger charge is -2.18. The van der Waals surface area contributed by atoms with E-state index in [0.717, 1.165) is 64.2 Å². The van der Waals surface area contributed by atoms with Gasteiger partial charge in [0.1, 0.15) is 13.2 Å². The van der Waals surface area contributed by atoms with Crippen molar-refractivity contribution in [2.75, 3.05) is 13.2 Å². The average Bonchev–Trinajstić information content (AvgIpc) is 3.12. The topological polar surface area (TPSA) is 78.9 Å². The largest absolute Gasteiger partial charge is 0.462 e. The van der Waals surface area contributed by atoms with Crippen LogP contribution in [0.2, 0.25) is 0 Å². The van der Waals surface area contributed by atoms with Gasteiger partial charge in [0.2, 0.25) is 0 Å². The minimum atomic E-state index is -0.763. The van der Waals surface area contributed by atoms with E-state index in [0.29, 0.717) is 19.3 Å². The van der Waals surface area contributed by atoms with E-state index in [4.69, 9.17) is 14.2 Å². The smallest absolute Gasteiger partial charge is 0.306 e. The highest BCUT2D eigenvalue weighted by Crippen LogP contribution is 2.15. The van der Waals surface area contributed by atoms with Gasteiger partial charge in [-0.3, -0.25) is 14.4 Å². The molecule has 0 saturated carbocycles. The first-order valence-corrected chi connectivity index (χ1v) is 22.2. The summed E-state index contributed by atoms with van der Waals surface area (Å²) in [4.78, 5) is 37.6. The molecular formula is C45H84O6. The summed E-state index contributed by atoms with van der Waals surface area (Å²) in [6.45, 7) is 6.58. The first kappa shape index (κ1) is 49.1. The lowest BCUT2D eigenvalue weighted by Crippen LogP contribution is -2.30. The third kappa shape index (κ3) is 39.2. The molecule has 0 aromatic rings. The number of carbonyl (C=O) groups excluding carboxylic acids is 3. The van der Waals surface area contributed by atoms with Crippen LogP contribution < -0.4 is 0 Å². The molecule has 0 aliphatic carbocycles. The first-order valence-electron chi connectivity index (χ1n) is 22.2. The fraction of sp³-hybridized carbons (Fsp3) is 0.889. The fourth-order valence-electron chi connectivity index (χ4n) is 6.36. The molecule has 300 valence electrons. The molecule has 0 fully saturated rings. The molecule has 0 saturated heterocycles. The second-order valence-corrected chi connectivity index (χ2v) is 15.0. The molecule has 0 aliphatic heterocycles. The summed E-state index contributed by atoms with van der Waals surface area (Å²) in [5, 5.41) is 0. The molecule has 0 amide bonds. The van der Waals surface area contributed by atoms with Gasteiger partial charge in [0, 0.05) is 19.3 Å². The van der Waals surface area contributed by atoms with Crippen molar-refractivity contribution in [3.05, 3.63) is 12.2 Å². The van der Waals surface area contributed by atoms with Crippen LogP contribution >= 0.6 is 0 Å². The molecule has 51 heavy (non-hydrogen) atoms. The monoisotopic (exact) mass is 721 g/mol. The van der Waals surface area contributed by atoms with Gasteiger partial charge in [-0.15, -0.1) is 0 Å². The number of unbranched alkanes of at least 4 members (excludes halogenated alkanes) is 27. The van der Waals surface area contributed by atoms with Gasteiger partial charge in [-0.05, 0) is 38.5 Å². The zero-order valence-corrected chi connectivity index (χ0v) is 34.1. The molecule has 0 spiro atoms. The van der Waals surface area contributed by atoms with Crippen LogP contribution in [0.25, 0.3) is 0 Å². The van der Waals surface area contributed by atoms with E-state index < -0.39 is 6.10 Å². The summed E-state index contributed by atoms with van der Waals surface area (Å²) < 4.78 is 16.7. The van der Waals surface area contributed by atoms with Gasteiger partial charge in [-0.1, -0.05) is 193 Å². The molecule has 0 aliphatic rings. The quantitative estimate of drug-likeness (QED) is 0.0271. The lowest BCUT2D eigenvalue weighted by atomic mass is 10.1. The van der Waals surface area contributed by atoms with E-state index in [1.165, 1.54) is 135 Å². The van der Waals surface area contributed by atoms with Crippen molar-refractivity contribution >= 4 is 17.9 Å². The van der Waals surface area contributed by atoms with Gasteiger partial charge >= 0.3 is 17.9 Å². The number of rotatable bonds is 40. The van der Waals surface area contributed by atoms with E-state index in [1.54, 1.807) is 0 Å². The number of carbonyl (C=O) groups is 3. The molecule has 6 heteroatoms. The van der Waals surface area contributed by atoms with E-state index in [1.807, 2.05) is 0 Å². The highest BCUT2D eigenvalue weighted by molar-refractivity contribution is 5.71. The third-order valence-corrected chi connectivity index (χ3v) is 9.77. The molecular weight excluding hydrogens is 636 g/mol. The summed E-state index contributed by atoms with van der Waals surface area (Å²) in [6, 6.07) is 0. The van der Waals surface area contributed by atoms with Crippen molar-refractivity contribution in [3.8, 4) is 0 Å². The Bertz CT molecular complexity index is 794. The number of ether oxygens (including phenoxy) is 3. The van der Waals surface area contributed by atoms with E-state index in [9.17, 15) is 14.4 Å². The summed E-state index contributed by atoms with van der Waals surface area (Å²) in [7, 11) is 0. The van der Waals surface area contributed by atoms with Crippen molar-refractivity contribution in [2.24, 2.45) is 0 Å². The van der Waals surface area contributed by atoms with Crippen LogP contribution in [0, 0.1) is 0 Å². The maximum Gasteiger partial charge on any atom is 0.306 e. The molecule has 1 atom stereocenters. The van der Waals surface area contributed by atoms with Crippen LogP contribution in [0.4, 0.5) is 0 Å². The molecule has 0 unspecified atom stereocenters. The Morgan fingerprint density at radius 3 is 1.04 bits per heavy atom. The van der Waals surface area contributed by atoms with Crippen LogP contribution in [0.15, 0.2) is 12.2 Å². The standard InChI is InChI=1S/C45H84O6/c1-4-7-10-13-16-19-22-25-28-31-34-37-43(46)49-40-42(51-45(48)39-36-33-30-27-24-21-18-15-12-9-6-3)41-50-44(47)38-35-32-29-26-23-20-17-14-11-8-5-2/h13,16,42H,4-12,14-15,17-41H2,1-3H3/b16-13-/t42-/m0/s1. The van der Waals surface area contributed by atoms with Crippen LogP contribution in [-0.2, 0) is 28.6 Å². The minimum Gasteiger partial charge on any atom is -0.462 e. The first-order chi connectivity index (χ1) is 25.0. The Hall–Kier alpha value is -1.85. The number of allylic oxidation sites excluding steroid dienone is 2. The second-order valence-electron chi connectivity index (χ2n) is 15.0. The Labute approximate surface area is 316 Å². The van der Waals surface area contributed by atoms with Gasteiger partial charge < -0.3 is 14.2 Å². The number of hydrogen-bond acceptors (Lipinski definition) is 6. The van der Waals surface area contributed by atoms with Crippen LogP contribution in [0.1, 0.15) is 239 Å². The highest BCUT2D eigenvalue weighted by Gasteiger charge is 2.19. The van der Waals surface area contributed by atoms with Crippen molar-refractivity contribution in [3.63, 3.8) is 0 Å². The normalized spacial score (nSPS) is 12.0. The zero-order chi connectivity index (χ0) is 37.3. The molecule has 0 rings (SSSR count). The molecule has 0 N–H and O–H groups in total. The molecule has 0 heterocycles. The van der Waals surface area contributed by atoms with Gasteiger partial charge in [-0.2, -0.15) is 0 Å². The van der Waals surface area contributed by atoms with E-state index in [-0.39, 0.29) is 31.1 Å². The number of esters is 3. The summed E-state index contributed by atoms with van der Waals surface area (Å²) in [6.07, 6.45) is 41.9. The Kier molecular flexibility index (Phi) is 39.4. The minimum absolute atomic E-state index is 0.0684. The van der Waals surface area contributed by atoms with Crippen LogP contribution in [-0.4, -0.2) is 37.2 Å². The predicted molar refractivity (Wildman–Crippen MR) is 215 cm³/mol. The Balaban J connectivity index is 4.35. The molecule has 6 nitrogen and oxygen atoms in total. The molecule has 0 bridgehead atoms. The van der Waals surface area contributed by atoms with Gasteiger partial charge in [0.25, 0.3) is 0 Å². The summed E-state index contributed by atoms with van der Waals surface area (Å²) in [5.41, 5.74) is 0. The number of hydrogen-bond donors (Lipinski definition) is 0. The summed E-state index contributed by atoms with van der Waals surface area (Å²) in [5.74, 6) is -0.874. The summed E-state index contributed by atoms with van der Waals surface area (Å²) >= 11 is 0. The zero-order valence-electron chi connectivity index (χ0n) is 34.1. The highest BCUT2D eigenvalue weighted by atomic mass is 16.6. The fourth-order valence-corrected chi connectivity index (χ4v) is 6.36. The van der Waals surface area contributed by atoms with Crippen LogP contribution in [0.3, 0.4) is 0 Å². The van der Waals surface area contributed by atoms with E-state index >= 15 is 0 Å². The molecule has 0 aromatic carbocycles. The third-order valence-electron chi connectivity index (χ3n) is 9.77. The van der Waals surface area contributed by atoms with Crippen molar-refractivity contribution < 1.29 is 28.6 Å². The van der Waals surface area contributed by atoms with E-state index in [2.05, 4.69) is 32.9 Å². The second kappa shape index (κ2) is 40.9. The van der Waals surface area contributed by atoms with Crippen LogP contribution in [0.5, 0.6) is 0 Å². The van der Waals surface area contributed by atoms with Crippen molar-refractivity contribution in [1.82, 2.24) is 0 Å². The maximum atomic E-state index is 12.7. The molecule has 0 radical (unpaired) electrons. The predicted octanol–water partition coefficient (Wildman–Crippen LogP) is 13.9. The van der Waals surface area contributed by atoms with Crippen molar-refractivity contribution in [2.45, 2.75) is 245 Å². The van der Waals surface area contributed by atoms with Gasteiger partial charge in [0.15, 0.2) is 6.10 Å². The molecule has 0 aromatic heterocycles. The Morgan fingerprint density at radius 1 is 0.373 bits per heavy atom. The van der Waals surface area contributed by atoms with Gasteiger partial charge in [0.05, 0.1) is 0 Å². The Morgan fingerprint density at radius 2 is 0.667 bits per heavy atom. The maximum absolute atomic E-state index is 12.7. The van der Waals surface area contributed by atoms with Crippen molar-refractivity contribution in [1.29, 1.82) is 0 Å².